The van der Waals surface area contributed by atoms with Gasteiger partial charge in [0.25, 0.3) is 0 Å². The van der Waals surface area contributed by atoms with Gasteiger partial charge in [0.1, 0.15) is 0 Å². The molecule has 0 atom stereocenters. The lowest BCUT2D eigenvalue weighted by Crippen LogP contribution is -2.24. The van der Waals surface area contributed by atoms with Crippen LogP contribution in [0.1, 0.15) is 6.92 Å². The number of methoxy groups -OCH3 is 1. The summed E-state index contributed by atoms with van der Waals surface area (Å²) in [7, 11) is 1.33. The molecule has 0 aliphatic rings. The van der Waals surface area contributed by atoms with E-state index in [0.717, 1.165) is 0 Å². The molecule has 94 valence electrons. The van der Waals surface area contributed by atoms with Crippen LogP contribution in [0.5, 0.6) is 0 Å². The molecule has 3 N–H and O–H groups in total. The van der Waals surface area contributed by atoms with Crippen LogP contribution in [0.4, 0.5) is 4.79 Å². The minimum atomic E-state index is -1.50. The predicted octanol–water partition coefficient (Wildman–Crippen LogP) is -0.230. The van der Waals surface area contributed by atoms with E-state index in [1.54, 1.807) is 6.92 Å². The molecule has 0 saturated heterocycles. The van der Waals surface area contributed by atoms with Gasteiger partial charge in [0.05, 0.1) is 20.3 Å². The first-order chi connectivity index (χ1) is 7.38. The van der Waals surface area contributed by atoms with Gasteiger partial charge in [-0.3, -0.25) is 0 Å². The number of ether oxygens (including phenoxy) is 2. The van der Waals surface area contributed by atoms with Crippen LogP contribution < -0.4 is 0 Å². The maximum absolute atomic E-state index is 10.2. The van der Waals surface area contributed by atoms with E-state index in [1.165, 1.54) is 7.11 Å². The van der Waals surface area contributed by atoms with Crippen LogP contribution in [0.3, 0.4) is 0 Å². The van der Waals surface area contributed by atoms with E-state index < -0.39 is 25.5 Å². The highest BCUT2D eigenvalue weighted by Gasteiger charge is 2.09. The highest BCUT2D eigenvalue weighted by Crippen LogP contribution is 1.88. The van der Waals surface area contributed by atoms with Crippen molar-refractivity contribution in [2.24, 2.45) is 0 Å². The summed E-state index contributed by atoms with van der Waals surface area (Å²) in [4.78, 5) is 19.9. The molecule has 0 bridgehead atoms. The first kappa shape index (κ1) is 16.8. The van der Waals surface area contributed by atoms with E-state index in [4.69, 9.17) is 15.3 Å². The fourth-order valence-electron chi connectivity index (χ4n) is 0.449. The zero-order valence-electron chi connectivity index (χ0n) is 9.17. The van der Waals surface area contributed by atoms with Gasteiger partial charge >= 0.3 is 12.1 Å². The molecule has 0 radical (unpaired) electrons. The highest BCUT2D eigenvalue weighted by molar-refractivity contribution is 5.86. The van der Waals surface area contributed by atoms with Crippen molar-refractivity contribution in [3.05, 3.63) is 12.2 Å². The van der Waals surface area contributed by atoms with Crippen molar-refractivity contribution in [1.82, 2.24) is 0 Å². The summed E-state index contributed by atoms with van der Waals surface area (Å²) in [5, 5.41) is 24.4. The van der Waals surface area contributed by atoms with Crippen molar-refractivity contribution >= 4 is 12.1 Å². The van der Waals surface area contributed by atoms with Crippen LogP contribution in [0.15, 0.2) is 12.2 Å². The Bertz CT molecular complexity index is 232. The Labute approximate surface area is 92.9 Å². The molecule has 0 unspecified atom stereocenters. The summed E-state index contributed by atoms with van der Waals surface area (Å²) in [5.41, 5.74) is 0.433. The molecule has 7 nitrogen and oxygen atoms in total. The molecule has 0 aromatic carbocycles. The molecule has 16 heavy (non-hydrogen) atoms. The van der Waals surface area contributed by atoms with Gasteiger partial charge in [-0.1, -0.05) is 6.58 Å². The van der Waals surface area contributed by atoms with Crippen LogP contribution in [0, 0.1) is 0 Å². The van der Waals surface area contributed by atoms with Gasteiger partial charge in [-0.25, -0.2) is 9.59 Å². The molecule has 0 aromatic rings. The smallest absolute Gasteiger partial charge is 0.466 e. The van der Waals surface area contributed by atoms with Crippen molar-refractivity contribution in [2.45, 2.75) is 13.0 Å². The number of hydrogen-bond acceptors (Lipinski definition) is 6. The summed E-state index contributed by atoms with van der Waals surface area (Å²) in [5.74, 6) is -0.347. The van der Waals surface area contributed by atoms with Gasteiger partial charge in [-0.15, -0.1) is 0 Å². The fraction of sp³-hybridized carbons (Fsp3) is 0.556. The normalized spacial score (nSPS) is 8.81. The molecule has 0 aliphatic carbocycles. The summed E-state index contributed by atoms with van der Waals surface area (Å²) in [6, 6.07) is 0. The van der Waals surface area contributed by atoms with Crippen LogP contribution in [0.25, 0.3) is 0 Å². The molecule has 0 aliphatic heterocycles. The topological polar surface area (TPSA) is 113 Å². The van der Waals surface area contributed by atoms with Crippen molar-refractivity contribution in [3.8, 4) is 0 Å². The Morgan fingerprint density at radius 2 is 1.75 bits per heavy atom. The maximum atomic E-state index is 10.2. The first-order valence-electron chi connectivity index (χ1n) is 4.24. The third kappa shape index (κ3) is 10.5. The van der Waals surface area contributed by atoms with Crippen LogP contribution >= 0.6 is 0 Å². The lowest BCUT2D eigenvalue weighted by atomic mass is 10.4. The maximum Gasteiger partial charge on any atom is 0.506 e. The van der Waals surface area contributed by atoms with E-state index in [-0.39, 0.29) is 5.97 Å². The number of rotatable bonds is 4. The molecule has 0 aromatic heterocycles. The van der Waals surface area contributed by atoms with Crippen molar-refractivity contribution in [2.75, 3.05) is 20.3 Å². The van der Waals surface area contributed by atoms with E-state index in [1.807, 2.05) is 0 Å². The Kier molecular flexibility index (Phi) is 10.4. The standard InChI is InChI=1S/C5H8O2.C4H8O5/c1-4(2)5(6)7-3;5-1-3(2-6)9-4(7)8/h1H2,2-3H3;3,5-6H,1-2H2,(H,7,8). The largest absolute Gasteiger partial charge is 0.506 e. The fourth-order valence-corrected chi connectivity index (χ4v) is 0.449. The summed E-state index contributed by atoms with van der Waals surface area (Å²) in [6.07, 6.45) is -2.51. The van der Waals surface area contributed by atoms with Gasteiger partial charge in [0.15, 0.2) is 6.10 Å². The van der Waals surface area contributed by atoms with Crippen molar-refractivity contribution < 1.29 is 34.4 Å². The van der Waals surface area contributed by atoms with Gasteiger partial charge in [-0.2, -0.15) is 0 Å². The third-order valence-corrected chi connectivity index (χ3v) is 1.21. The number of esters is 1. The molecular weight excluding hydrogens is 220 g/mol. The monoisotopic (exact) mass is 236 g/mol. The summed E-state index contributed by atoms with van der Waals surface area (Å²) in [6.45, 7) is 3.96. The second-order valence-corrected chi connectivity index (χ2v) is 2.64. The Morgan fingerprint density at radius 3 is 1.81 bits per heavy atom. The minimum absolute atomic E-state index is 0.347. The zero-order chi connectivity index (χ0) is 13.1. The number of aliphatic hydroxyl groups is 2. The molecule has 0 heterocycles. The second-order valence-electron chi connectivity index (χ2n) is 2.64. The number of aliphatic hydroxyl groups excluding tert-OH is 2. The quantitative estimate of drug-likeness (QED) is 0.456. The van der Waals surface area contributed by atoms with Gasteiger partial charge in [0, 0.05) is 5.57 Å². The SMILES string of the molecule is C=C(C)C(=O)OC.O=C(O)OC(CO)CO. The number of carbonyl (C=O) groups excluding carboxylic acids is 1. The summed E-state index contributed by atoms with van der Waals surface area (Å²) >= 11 is 0. The number of hydrogen-bond donors (Lipinski definition) is 3. The number of carboxylic acid groups (broad SMARTS) is 1. The molecule has 0 fully saturated rings. The van der Waals surface area contributed by atoms with E-state index in [0.29, 0.717) is 5.57 Å². The Balaban J connectivity index is 0. The molecule has 0 spiro atoms. The lowest BCUT2D eigenvalue weighted by molar-refractivity contribution is -0.136. The van der Waals surface area contributed by atoms with Gasteiger partial charge in [-0.05, 0) is 6.92 Å². The average Bonchev–Trinajstić information content (AvgIpc) is 2.25. The summed E-state index contributed by atoms with van der Waals surface area (Å²) < 4.78 is 8.24. The zero-order valence-corrected chi connectivity index (χ0v) is 9.17. The van der Waals surface area contributed by atoms with Gasteiger partial charge in [0.2, 0.25) is 0 Å². The Hall–Kier alpha value is -1.60. The highest BCUT2D eigenvalue weighted by atomic mass is 16.7. The van der Waals surface area contributed by atoms with Gasteiger partial charge < -0.3 is 24.8 Å². The molecule has 0 amide bonds. The number of carbonyl (C=O) groups is 2. The Morgan fingerprint density at radius 1 is 1.31 bits per heavy atom. The van der Waals surface area contributed by atoms with Crippen LogP contribution in [-0.2, 0) is 14.3 Å². The van der Waals surface area contributed by atoms with Crippen molar-refractivity contribution in [1.29, 1.82) is 0 Å². The second kappa shape index (κ2) is 9.94. The molecule has 7 heteroatoms. The molecule has 0 saturated carbocycles. The van der Waals surface area contributed by atoms with Crippen molar-refractivity contribution in [3.63, 3.8) is 0 Å². The van der Waals surface area contributed by atoms with Crippen LogP contribution in [-0.4, -0.2) is 53.9 Å². The first-order valence-corrected chi connectivity index (χ1v) is 4.24. The molecular formula is C9H16O7. The van der Waals surface area contributed by atoms with E-state index >= 15 is 0 Å². The lowest BCUT2D eigenvalue weighted by Gasteiger charge is -2.07. The third-order valence-electron chi connectivity index (χ3n) is 1.21. The average molecular weight is 236 g/mol. The molecule has 0 rings (SSSR count). The van der Waals surface area contributed by atoms with E-state index in [2.05, 4.69) is 16.1 Å². The predicted molar refractivity (Wildman–Crippen MR) is 53.9 cm³/mol. The van der Waals surface area contributed by atoms with Crippen LogP contribution in [0.2, 0.25) is 0 Å². The van der Waals surface area contributed by atoms with E-state index in [9.17, 15) is 9.59 Å². The minimum Gasteiger partial charge on any atom is -0.466 e.